The van der Waals surface area contributed by atoms with E-state index in [9.17, 15) is 0 Å². The Morgan fingerprint density at radius 1 is 0.739 bits per heavy atom. The molecule has 2 aromatic heterocycles. The highest BCUT2D eigenvalue weighted by atomic mass is 16.5. The van der Waals surface area contributed by atoms with Gasteiger partial charge in [0.1, 0.15) is 11.5 Å². The molecule has 0 amide bonds. The van der Waals surface area contributed by atoms with Crippen LogP contribution in [0.25, 0.3) is 0 Å². The first-order valence-corrected chi connectivity index (χ1v) is 8.57. The van der Waals surface area contributed by atoms with E-state index in [-0.39, 0.29) is 0 Å². The third-order valence-corrected chi connectivity index (χ3v) is 3.81. The molecule has 0 N–H and O–H groups in total. The molecule has 0 saturated heterocycles. The summed E-state index contributed by atoms with van der Waals surface area (Å²) in [6.07, 6.45) is 1.82. The van der Waals surface area contributed by atoms with Gasteiger partial charge >= 0.3 is 0 Å². The van der Waals surface area contributed by atoms with E-state index in [0.29, 0.717) is 23.7 Å². The van der Waals surface area contributed by atoms with Crippen molar-refractivity contribution >= 4 is 0 Å². The number of hydrogen-bond acceptors (Lipinski definition) is 4. The molecule has 0 fully saturated rings. The molecular formula is C19H32N2O2. The van der Waals surface area contributed by atoms with Gasteiger partial charge in [-0.3, -0.25) is 0 Å². The lowest BCUT2D eigenvalue weighted by Crippen LogP contribution is -1.95. The van der Waals surface area contributed by atoms with Crippen LogP contribution in [-0.4, -0.2) is 10.3 Å². The number of aryl methyl sites for hydroxylation is 1. The van der Waals surface area contributed by atoms with Crippen molar-refractivity contribution in [1.82, 2.24) is 10.3 Å². The molecular weight excluding hydrogens is 288 g/mol. The Morgan fingerprint density at radius 3 is 1.65 bits per heavy atom. The van der Waals surface area contributed by atoms with Gasteiger partial charge in [0, 0.05) is 23.0 Å². The lowest BCUT2D eigenvalue weighted by atomic mass is 9.96. The maximum absolute atomic E-state index is 5.27. The zero-order valence-electron chi connectivity index (χ0n) is 16.1. The molecule has 130 valence electrons. The Hall–Kier alpha value is -1.58. The highest BCUT2D eigenvalue weighted by Crippen LogP contribution is 2.28. The minimum absolute atomic E-state index is 0.434. The summed E-state index contributed by atoms with van der Waals surface area (Å²) >= 11 is 0. The van der Waals surface area contributed by atoms with E-state index in [2.05, 4.69) is 65.7 Å². The van der Waals surface area contributed by atoms with Gasteiger partial charge in [-0.15, -0.1) is 0 Å². The Balaban J connectivity index is 0.000000231. The smallest absolute Gasteiger partial charge is 0.142 e. The fourth-order valence-electron chi connectivity index (χ4n) is 2.64. The van der Waals surface area contributed by atoms with Crippen molar-refractivity contribution in [1.29, 1.82) is 0 Å². The summed E-state index contributed by atoms with van der Waals surface area (Å²) in [6.45, 7) is 19.1. The zero-order chi connectivity index (χ0) is 17.7. The first kappa shape index (κ1) is 19.5. The average Bonchev–Trinajstić information content (AvgIpc) is 3.04. The summed E-state index contributed by atoms with van der Waals surface area (Å²) in [7, 11) is 0. The first-order valence-electron chi connectivity index (χ1n) is 8.57. The van der Waals surface area contributed by atoms with Crippen LogP contribution in [0.2, 0.25) is 0 Å². The van der Waals surface area contributed by atoms with E-state index in [4.69, 9.17) is 9.05 Å². The average molecular weight is 320 g/mol. The van der Waals surface area contributed by atoms with E-state index in [0.717, 1.165) is 17.2 Å². The summed E-state index contributed by atoms with van der Waals surface area (Å²) in [6, 6.07) is 0. The third-order valence-electron chi connectivity index (χ3n) is 3.81. The van der Waals surface area contributed by atoms with Crippen molar-refractivity contribution < 1.29 is 9.05 Å². The Bertz CT molecular complexity index is 570. The molecule has 0 aliphatic rings. The van der Waals surface area contributed by atoms with Crippen LogP contribution in [0.1, 0.15) is 107 Å². The van der Waals surface area contributed by atoms with E-state index < -0.39 is 0 Å². The molecule has 0 spiro atoms. The van der Waals surface area contributed by atoms with Crippen LogP contribution in [0, 0.1) is 6.92 Å². The molecule has 0 aliphatic carbocycles. The van der Waals surface area contributed by atoms with Crippen LogP contribution in [0.3, 0.4) is 0 Å². The molecule has 0 radical (unpaired) electrons. The van der Waals surface area contributed by atoms with Gasteiger partial charge in [-0.2, -0.15) is 0 Å². The maximum Gasteiger partial charge on any atom is 0.142 e. The Labute approximate surface area is 140 Å². The minimum atomic E-state index is 0.434. The first-order chi connectivity index (χ1) is 10.7. The van der Waals surface area contributed by atoms with Gasteiger partial charge in [-0.1, -0.05) is 65.7 Å². The van der Waals surface area contributed by atoms with Gasteiger partial charge in [-0.25, -0.2) is 0 Å². The van der Waals surface area contributed by atoms with Crippen molar-refractivity contribution in [3.8, 4) is 0 Å². The van der Waals surface area contributed by atoms with E-state index in [1.165, 1.54) is 11.1 Å². The number of rotatable bonds is 4. The van der Waals surface area contributed by atoms with Crippen LogP contribution in [0.15, 0.2) is 15.2 Å². The van der Waals surface area contributed by atoms with E-state index in [1.807, 2.05) is 13.1 Å². The monoisotopic (exact) mass is 320 g/mol. The quantitative estimate of drug-likeness (QED) is 0.677. The van der Waals surface area contributed by atoms with Gasteiger partial charge in [0.05, 0.1) is 11.9 Å². The summed E-state index contributed by atoms with van der Waals surface area (Å²) in [4.78, 5) is 0. The van der Waals surface area contributed by atoms with Gasteiger partial charge in [0.25, 0.3) is 0 Å². The SMILES string of the molecule is CC(C)c1cnoc1C(C)C.Cc1noc(C(C)C)c1C(C)C. The molecule has 0 unspecified atom stereocenters. The van der Waals surface area contributed by atoms with Crippen molar-refractivity contribution in [3.05, 3.63) is 34.5 Å². The molecule has 4 heteroatoms. The van der Waals surface area contributed by atoms with Crippen LogP contribution in [0.4, 0.5) is 0 Å². The van der Waals surface area contributed by atoms with Crippen molar-refractivity contribution in [2.45, 2.75) is 86.0 Å². The molecule has 0 bridgehead atoms. The Morgan fingerprint density at radius 2 is 1.30 bits per heavy atom. The van der Waals surface area contributed by atoms with Crippen molar-refractivity contribution in [3.63, 3.8) is 0 Å². The van der Waals surface area contributed by atoms with E-state index >= 15 is 0 Å². The standard InChI is InChI=1S/C10H17NO.C9H15NO/c1-6(2)9-8(5)11-12-10(9)7(3)4;1-6(2)8-5-10-11-9(8)7(3)4/h6-7H,1-5H3;5-7H,1-4H3. The second kappa shape index (κ2) is 8.32. The van der Waals surface area contributed by atoms with Crippen LogP contribution in [-0.2, 0) is 0 Å². The molecule has 0 saturated carbocycles. The van der Waals surface area contributed by atoms with Gasteiger partial charge in [0.2, 0.25) is 0 Å². The largest absolute Gasteiger partial charge is 0.361 e. The molecule has 0 aliphatic heterocycles. The number of nitrogens with zero attached hydrogens (tertiary/aromatic N) is 2. The maximum atomic E-state index is 5.27. The fourth-order valence-corrected chi connectivity index (χ4v) is 2.64. The van der Waals surface area contributed by atoms with Crippen molar-refractivity contribution in [2.75, 3.05) is 0 Å². The summed E-state index contributed by atoms with van der Waals surface area (Å²) < 4.78 is 10.4. The molecule has 2 rings (SSSR count). The summed E-state index contributed by atoms with van der Waals surface area (Å²) in [5.74, 6) is 3.97. The van der Waals surface area contributed by atoms with Gasteiger partial charge in [0.15, 0.2) is 0 Å². The van der Waals surface area contributed by atoms with E-state index in [1.54, 1.807) is 0 Å². The lowest BCUT2D eigenvalue weighted by Gasteiger charge is -2.07. The minimum Gasteiger partial charge on any atom is -0.361 e. The van der Waals surface area contributed by atoms with Crippen molar-refractivity contribution in [2.24, 2.45) is 0 Å². The second-order valence-electron chi connectivity index (χ2n) is 7.31. The topological polar surface area (TPSA) is 52.1 Å². The summed E-state index contributed by atoms with van der Waals surface area (Å²) in [5.41, 5.74) is 3.55. The molecule has 2 heterocycles. The number of hydrogen-bond donors (Lipinski definition) is 0. The molecule has 2 aromatic rings. The summed E-state index contributed by atoms with van der Waals surface area (Å²) in [5, 5.41) is 7.77. The highest BCUT2D eigenvalue weighted by Gasteiger charge is 2.18. The normalized spacial score (nSPS) is 11.5. The van der Waals surface area contributed by atoms with Crippen LogP contribution in [0.5, 0.6) is 0 Å². The third kappa shape index (κ3) is 4.95. The molecule has 0 aromatic carbocycles. The lowest BCUT2D eigenvalue weighted by molar-refractivity contribution is 0.365. The van der Waals surface area contributed by atoms with Gasteiger partial charge < -0.3 is 9.05 Å². The van der Waals surface area contributed by atoms with Crippen LogP contribution < -0.4 is 0 Å². The van der Waals surface area contributed by atoms with Gasteiger partial charge in [-0.05, 0) is 18.8 Å². The molecule has 4 nitrogen and oxygen atoms in total. The fraction of sp³-hybridized carbons (Fsp3) is 0.684. The molecule has 23 heavy (non-hydrogen) atoms. The zero-order valence-corrected chi connectivity index (χ0v) is 16.1. The predicted molar refractivity (Wildman–Crippen MR) is 94.1 cm³/mol. The predicted octanol–water partition coefficient (Wildman–Crippen LogP) is 6.15. The second-order valence-corrected chi connectivity index (χ2v) is 7.31. The number of aromatic nitrogens is 2. The molecule has 0 atom stereocenters. The van der Waals surface area contributed by atoms with Crippen LogP contribution >= 0.6 is 0 Å². The highest BCUT2D eigenvalue weighted by molar-refractivity contribution is 5.27. The Kier molecular flexibility index (Phi) is 7.04.